The second kappa shape index (κ2) is 6.92. The summed E-state index contributed by atoms with van der Waals surface area (Å²) in [6.45, 7) is 2.62. The normalized spacial score (nSPS) is 15.4. The molecule has 0 saturated heterocycles. The van der Waals surface area contributed by atoms with Crippen LogP contribution in [0.5, 0.6) is 11.5 Å². The zero-order valence-corrected chi connectivity index (χ0v) is 15.1. The Bertz CT molecular complexity index is 916. The van der Waals surface area contributed by atoms with Crippen LogP contribution in [0.4, 0.5) is 5.13 Å². The number of carbonyl (C=O) groups excluding carboxylic acids is 2. The number of ether oxygens (including phenoxy) is 2. The Balaban J connectivity index is 1.54. The highest BCUT2D eigenvalue weighted by molar-refractivity contribution is 7.17. The molecule has 1 aliphatic heterocycles. The van der Waals surface area contributed by atoms with Crippen molar-refractivity contribution in [1.82, 2.24) is 4.98 Å². The number of nitrogens with one attached hydrogen (secondary N) is 1. The second-order valence-corrected chi connectivity index (χ2v) is 7.09. The van der Waals surface area contributed by atoms with Crippen molar-refractivity contribution in [2.24, 2.45) is 0 Å². The molecule has 1 amide bonds. The van der Waals surface area contributed by atoms with Gasteiger partial charge in [0, 0.05) is 12.0 Å². The first-order chi connectivity index (χ1) is 12.7. The number of ketones is 1. The molecule has 0 radical (unpaired) electrons. The highest BCUT2D eigenvalue weighted by Gasteiger charge is 2.25. The van der Waals surface area contributed by atoms with Crippen molar-refractivity contribution < 1.29 is 19.1 Å². The topological polar surface area (TPSA) is 77.5 Å². The number of benzene rings is 1. The Morgan fingerprint density at radius 3 is 3.08 bits per heavy atom. The number of hydrogen-bond donors (Lipinski definition) is 1. The zero-order chi connectivity index (χ0) is 18.1. The Labute approximate surface area is 154 Å². The molecule has 0 atom stereocenters. The summed E-state index contributed by atoms with van der Waals surface area (Å²) in [5, 5.41) is 3.26. The molecule has 0 saturated carbocycles. The summed E-state index contributed by atoms with van der Waals surface area (Å²) >= 11 is 1.25. The highest BCUT2D eigenvalue weighted by Crippen LogP contribution is 2.36. The number of hydrogen-bond acceptors (Lipinski definition) is 6. The lowest BCUT2D eigenvalue weighted by atomic mass is 10.0. The van der Waals surface area contributed by atoms with Gasteiger partial charge in [0.15, 0.2) is 22.4 Å². The number of fused-ring (bicyclic) bond motifs is 2. The molecule has 134 valence electrons. The van der Waals surface area contributed by atoms with Crippen LogP contribution >= 0.6 is 11.3 Å². The van der Waals surface area contributed by atoms with E-state index >= 15 is 0 Å². The van der Waals surface area contributed by atoms with Gasteiger partial charge in [-0.2, -0.15) is 0 Å². The van der Waals surface area contributed by atoms with Gasteiger partial charge in [0.25, 0.3) is 5.91 Å². The molecule has 7 heteroatoms. The van der Waals surface area contributed by atoms with E-state index in [9.17, 15) is 9.59 Å². The van der Waals surface area contributed by atoms with Crippen LogP contribution in [-0.2, 0) is 11.2 Å². The summed E-state index contributed by atoms with van der Waals surface area (Å²) in [6.07, 6.45) is 3.96. The third kappa shape index (κ3) is 3.10. The minimum Gasteiger partial charge on any atom is -0.490 e. The van der Waals surface area contributed by atoms with Gasteiger partial charge in [-0.05, 0) is 31.9 Å². The molecule has 1 aliphatic carbocycles. The van der Waals surface area contributed by atoms with Gasteiger partial charge >= 0.3 is 0 Å². The van der Waals surface area contributed by atoms with Crippen molar-refractivity contribution in [2.45, 2.75) is 26.2 Å². The van der Waals surface area contributed by atoms with E-state index in [-0.39, 0.29) is 18.3 Å². The summed E-state index contributed by atoms with van der Waals surface area (Å²) in [4.78, 5) is 29.6. The summed E-state index contributed by atoms with van der Waals surface area (Å²) in [5.74, 6) is 1.17. The number of nitrogens with zero attached hydrogens (tertiary/aromatic N) is 1. The van der Waals surface area contributed by atoms with Crippen molar-refractivity contribution in [2.75, 3.05) is 18.5 Å². The highest BCUT2D eigenvalue weighted by atomic mass is 32.1. The van der Waals surface area contributed by atoms with E-state index < -0.39 is 0 Å². The van der Waals surface area contributed by atoms with E-state index in [4.69, 9.17) is 9.47 Å². The molecule has 0 fully saturated rings. The van der Waals surface area contributed by atoms with E-state index in [2.05, 4.69) is 10.3 Å². The number of Topliss-reactive ketones (excluding diaryl/α,β-unsaturated/α-hetero) is 1. The first-order valence-electron chi connectivity index (χ1n) is 8.59. The second-order valence-electron chi connectivity index (χ2n) is 6.09. The number of carbonyl (C=O) groups is 2. The van der Waals surface area contributed by atoms with Crippen LogP contribution in [0.25, 0.3) is 6.08 Å². The molecule has 2 heterocycles. The number of rotatable bonds is 4. The van der Waals surface area contributed by atoms with Crippen LogP contribution < -0.4 is 14.8 Å². The van der Waals surface area contributed by atoms with E-state index in [0.717, 1.165) is 24.1 Å². The number of para-hydroxylation sites is 1. The number of anilines is 1. The maximum Gasteiger partial charge on any atom is 0.256 e. The molecule has 0 spiro atoms. The Hall–Kier alpha value is -2.67. The van der Waals surface area contributed by atoms with Gasteiger partial charge in [-0.1, -0.05) is 23.5 Å². The van der Waals surface area contributed by atoms with Crippen molar-refractivity contribution in [3.63, 3.8) is 0 Å². The van der Waals surface area contributed by atoms with Gasteiger partial charge in [-0.3, -0.25) is 14.9 Å². The SMILES string of the molecule is CCOc1cccc2c1OCC(C(=O)Nc1nc3c(s1)C(=O)CCC3)=C2. The summed E-state index contributed by atoms with van der Waals surface area (Å²) < 4.78 is 11.3. The van der Waals surface area contributed by atoms with E-state index in [0.29, 0.717) is 40.1 Å². The zero-order valence-electron chi connectivity index (χ0n) is 14.3. The molecule has 1 aromatic heterocycles. The molecule has 0 bridgehead atoms. The number of thiazole rings is 1. The van der Waals surface area contributed by atoms with Gasteiger partial charge in [-0.15, -0.1) is 0 Å². The molecule has 4 rings (SSSR count). The molecular formula is C19H18N2O4S. The van der Waals surface area contributed by atoms with Crippen LogP contribution in [0.1, 0.15) is 40.7 Å². The van der Waals surface area contributed by atoms with Gasteiger partial charge in [-0.25, -0.2) is 4.98 Å². The fourth-order valence-corrected chi connectivity index (χ4v) is 4.05. The maximum atomic E-state index is 12.6. The molecule has 2 aliphatic rings. The fourth-order valence-electron chi connectivity index (χ4n) is 3.08. The first kappa shape index (κ1) is 16.8. The van der Waals surface area contributed by atoms with E-state index in [1.165, 1.54) is 11.3 Å². The van der Waals surface area contributed by atoms with Gasteiger partial charge < -0.3 is 9.47 Å². The van der Waals surface area contributed by atoms with Crippen LogP contribution in [-0.4, -0.2) is 29.9 Å². The molecule has 26 heavy (non-hydrogen) atoms. The third-order valence-corrected chi connectivity index (χ3v) is 5.35. The van der Waals surface area contributed by atoms with Gasteiger partial charge in [0.05, 0.1) is 22.8 Å². The quantitative estimate of drug-likeness (QED) is 0.892. The van der Waals surface area contributed by atoms with Crippen molar-refractivity contribution in [3.05, 3.63) is 39.9 Å². The number of aromatic nitrogens is 1. The molecule has 0 unspecified atom stereocenters. The van der Waals surface area contributed by atoms with E-state index in [1.807, 2.05) is 25.1 Å². The average molecular weight is 370 g/mol. The molecule has 2 aromatic rings. The standard InChI is InChI=1S/C19H18N2O4S/c1-2-24-15-8-3-5-11-9-12(10-25-16(11)15)18(23)21-19-20-13-6-4-7-14(22)17(13)26-19/h3,5,8-9H,2,4,6-7,10H2,1H3,(H,20,21,23). The summed E-state index contributed by atoms with van der Waals surface area (Å²) in [5.41, 5.74) is 2.11. The maximum absolute atomic E-state index is 12.6. The minimum absolute atomic E-state index is 0.113. The van der Waals surface area contributed by atoms with Crippen molar-refractivity contribution in [3.8, 4) is 11.5 Å². The molecular weight excluding hydrogens is 352 g/mol. The van der Waals surface area contributed by atoms with Crippen molar-refractivity contribution >= 4 is 34.2 Å². The van der Waals surface area contributed by atoms with Gasteiger partial charge in [0.1, 0.15) is 6.61 Å². The Morgan fingerprint density at radius 1 is 1.38 bits per heavy atom. The Morgan fingerprint density at radius 2 is 2.27 bits per heavy atom. The number of aryl methyl sites for hydroxylation is 1. The lowest BCUT2D eigenvalue weighted by molar-refractivity contribution is -0.113. The smallest absolute Gasteiger partial charge is 0.256 e. The van der Waals surface area contributed by atoms with Crippen LogP contribution in [0.2, 0.25) is 0 Å². The predicted molar refractivity (Wildman–Crippen MR) is 99.1 cm³/mol. The lowest BCUT2D eigenvalue weighted by Gasteiger charge is -2.19. The fraction of sp³-hybridized carbons (Fsp3) is 0.316. The van der Waals surface area contributed by atoms with Crippen LogP contribution in [0, 0.1) is 0 Å². The summed E-state index contributed by atoms with van der Waals surface area (Å²) in [7, 11) is 0. The largest absolute Gasteiger partial charge is 0.490 e. The average Bonchev–Trinajstić information content (AvgIpc) is 3.06. The molecule has 6 nitrogen and oxygen atoms in total. The molecule has 1 N–H and O–H groups in total. The number of amides is 1. The lowest BCUT2D eigenvalue weighted by Crippen LogP contribution is -2.21. The predicted octanol–water partition coefficient (Wildman–Crippen LogP) is 3.48. The minimum atomic E-state index is -0.268. The Kier molecular flexibility index (Phi) is 4.46. The molecule has 1 aromatic carbocycles. The first-order valence-corrected chi connectivity index (χ1v) is 9.40. The van der Waals surface area contributed by atoms with E-state index in [1.54, 1.807) is 6.08 Å². The monoisotopic (exact) mass is 370 g/mol. The van der Waals surface area contributed by atoms with Crippen LogP contribution in [0.3, 0.4) is 0 Å². The van der Waals surface area contributed by atoms with Crippen LogP contribution in [0.15, 0.2) is 23.8 Å². The van der Waals surface area contributed by atoms with Crippen molar-refractivity contribution in [1.29, 1.82) is 0 Å². The summed E-state index contributed by atoms with van der Waals surface area (Å²) in [6, 6.07) is 5.59. The third-order valence-electron chi connectivity index (χ3n) is 4.29. The van der Waals surface area contributed by atoms with Gasteiger partial charge in [0.2, 0.25) is 0 Å².